The SMILES string of the molecule is N#Cc1c(CBr)ccc(C(=O)O)c1[N+](=O)[O-]. The second-order valence-electron chi connectivity index (χ2n) is 2.80. The molecule has 0 aromatic heterocycles. The number of hydrogen-bond acceptors (Lipinski definition) is 4. The average Bonchev–Trinajstić information content (AvgIpc) is 2.26. The maximum atomic E-state index is 10.8. The summed E-state index contributed by atoms with van der Waals surface area (Å²) >= 11 is 3.07. The molecule has 0 aliphatic rings. The van der Waals surface area contributed by atoms with Crippen molar-refractivity contribution < 1.29 is 14.8 Å². The van der Waals surface area contributed by atoms with Gasteiger partial charge in [-0.2, -0.15) is 5.26 Å². The molecule has 1 N–H and O–H groups in total. The molecule has 0 spiro atoms. The largest absolute Gasteiger partial charge is 0.477 e. The zero-order valence-corrected chi connectivity index (χ0v) is 9.39. The molecule has 1 aromatic carbocycles. The molecule has 0 aliphatic carbocycles. The molecular weight excluding hydrogens is 280 g/mol. The van der Waals surface area contributed by atoms with Gasteiger partial charge in [-0.25, -0.2) is 4.79 Å². The zero-order valence-electron chi connectivity index (χ0n) is 7.81. The fraction of sp³-hybridized carbons (Fsp3) is 0.111. The molecule has 0 saturated heterocycles. The summed E-state index contributed by atoms with van der Waals surface area (Å²) in [4.78, 5) is 20.7. The average molecular weight is 285 g/mol. The summed E-state index contributed by atoms with van der Waals surface area (Å²) in [7, 11) is 0. The third kappa shape index (κ3) is 2.01. The highest BCUT2D eigenvalue weighted by Gasteiger charge is 2.26. The molecule has 0 unspecified atom stereocenters. The van der Waals surface area contributed by atoms with Gasteiger partial charge in [0.1, 0.15) is 17.2 Å². The van der Waals surface area contributed by atoms with Gasteiger partial charge in [0.05, 0.1) is 4.92 Å². The van der Waals surface area contributed by atoms with E-state index in [0.29, 0.717) is 5.56 Å². The first-order valence-corrected chi connectivity index (χ1v) is 5.14. The fourth-order valence-electron chi connectivity index (χ4n) is 1.23. The molecular formula is C9H5BrN2O4. The number of hydrogen-bond donors (Lipinski definition) is 1. The van der Waals surface area contributed by atoms with Crippen molar-refractivity contribution in [3.8, 4) is 6.07 Å². The standard InChI is InChI=1S/C9H5BrN2O4/c10-3-5-1-2-6(9(13)14)8(12(15)16)7(5)4-11/h1-2H,3H2,(H,13,14). The number of benzene rings is 1. The predicted octanol–water partition coefficient (Wildman–Crippen LogP) is 2.06. The lowest BCUT2D eigenvalue weighted by molar-refractivity contribution is -0.385. The number of alkyl halides is 1. The van der Waals surface area contributed by atoms with Crippen LogP contribution in [-0.2, 0) is 5.33 Å². The van der Waals surface area contributed by atoms with Gasteiger partial charge >= 0.3 is 11.7 Å². The lowest BCUT2D eigenvalue weighted by Gasteiger charge is -2.03. The van der Waals surface area contributed by atoms with E-state index in [-0.39, 0.29) is 10.9 Å². The van der Waals surface area contributed by atoms with E-state index in [2.05, 4.69) is 15.9 Å². The van der Waals surface area contributed by atoms with Crippen molar-refractivity contribution >= 4 is 27.6 Å². The molecule has 6 nitrogen and oxygen atoms in total. The highest BCUT2D eigenvalue weighted by molar-refractivity contribution is 9.08. The van der Waals surface area contributed by atoms with E-state index in [0.717, 1.165) is 6.07 Å². The van der Waals surface area contributed by atoms with Crippen molar-refractivity contribution in [2.24, 2.45) is 0 Å². The minimum absolute atomic E-state index is 0.221. The van der Waals surface area contributed by atoms with Crippen LogP contribution in [0.1, 0.15) is 21.5 Å². The lowest BCUT2D eigenvalue weighted by Crippen LogP contribution is -2.06. The Balaban J connectivity index is 3.65. The molecule has 0 heterocycles. The van der Waals surface area contributed by atoms with Gasteiger partial charge in [-0.15, -0.1) is 0 Å². The molecule has 0 amide bonds. The molecule has 0 radical (unpaired) electrons. The Kier molecular flexibility index (Phi) is 3.58. The summed E-state index contributed by atoms with van der Waals surface area (Å²) in [5, 5.41) is 28.6. The van der Waals surface area contributed by atoms with Crippen LogP contribution in [0.5, 0.6) is 0 Å². The Hall–Kier alpha value is -1.94. The van der Waals surface area contributed by atoms with Gasteiger partial charge in [0.25, 0.3) is 0 Å². The number of aromatic carboxylic acids is 1. The van der Waals surface area contributed by atoms with Crippen molar-refractivity contribution in [2.45, 2.75) is 5.33 Å². The van der Waals surface area contributed by atoms with Gasteiger partial charge in [0.2, 0.25) is 0 Å². The van der Waals surface area contributed by atoms with E-state index in [4.69, 9.17) is 10.4 Å². The van der Waals surface area contributed by atoms with E-state index >= 15 is 0 Å². The van der Waals surface area contributed by atoms with E-state index in [1.54, 1.807) is 6.07 Å². The van der Waals surface area contributed by atoms with Crippen LogP contribution in [0.15, 0.2) is 12.1 Å². The maximum Gasteiger partial charge on any atom is 0.342 e. The summed E-state index contributed by atoms with van der Waals surface area (Å²) in [6, 6.07) is 4.16. The van der Waals surface area contributed by atoms with Gasteiger partial charge in [-0.05, 0) is 11.6 Å². The zero-order chi connectivity index (χ0) is 12.3. The smallest absolute Gasteiger partial charge is 0.342 e. The van der Waals surface area contributed by atoms with Crippen LogP contribution in [0, 0.1) is 21.4 Å². The number of nitrogens with zero attached hydrogens (tertiary/aromatic N) is 2. The highest BCUT2D eigenvalue weighted by Crippen LogP contribution is 2.27. The molecule has 82 valence electrons. The first-order valence-electron chi connectivity index (χ1n) is 4.02. The number of carboxylic acids is 1. The summed E-state index contributed by atoms with van der Waals surface area (Å²) < 4.78 is 0. The van der Waals surface area contributed by atoms with Crippen molar-refractivity contribution in [3.63, 3.8) is 0 Å². The molecule has 0 fully saturated rings. The van der Waals surface area contributed by atoms with Gasteiger partial charge in [-0.3, -0.25) is 10.1 Å². The van der Waals surface area contributed by atoms with Crippen molar-refractivity contribution in [1.29, 1.82) is 5.26 Å². The summed E-state index contributed by atoms with van der Waals surface area (Å²) in [6.07, 6.45) is 0. The number of nitriles is 1. The van der Waals surface area contributed by atoms with Crippen molar-refractivity contribution in [3.05, 3.63) is 38.9 Å². The van der Waals surface area contributed by atoms with Crippen LogP contribution in [0.25, 0.3) is 0 Å². The van der Waals surface area contributed by atoms with E-state index in [1.807, 2.05) is 0 Å². The first kappa shape index (κ1) is 12.1. The summed E-state index contributed by atoms with van der Waals surface area (Å²) in [5.41, 5.74) is -0.973. The van der Waals surface area contributed by atoms with Crippen LogP contribution in [0.3, 0.4) is 0 Å². The number of carbonyl (C=O) groups is 1. The van der Waals surface area contributed by atoms with Crippen LogP contribution in [0.2, 0.25) is 0 Å². The number of nitro groups is 1. The minimum atomic E-state index is -1.43. The molecule has 1 rings (SSSR count). The van der Waals surface area contributed by atoms with Gasteiger partial charge in [0.15, 0.2) is 0 Å². The predicted molar refractivity (Wildman–Crippen MR) is 57.4 cm³/mol. The van der Waals surface area contributed by atoms with Gasteiger partial charge < -0.3 is 5.11 Å². The number of rotatable bonds is 3. The van der Waals surface area contributed by atoms with Crippen LogP contribution in [0.4, 0.5) is 5.69 Å². The molecule has 7 heteroatoms. The molecule has 0 atom stereocenters. The van der Waals surface area contributed by atoms with Gasteiger partial charge in [0, 0.05) is 5.33 Å². The Morgan fingerprint density at radius 1 is 1.62 bits per heavy atom. The summed E-state index contributed by atoms with van der Waals surface area (Å²) in [6.45, 7) is 0. The van der Waals surface area contributed by atoms with Crippen molar-refractivity contribution in [1.82, 2.24) is 0 Å². The van der Waals surface area contributed by atoms with E-state index in [1.165, 1.54) is 6.07 Å². The molecule has 0 aliphatic heterocycles. The minimum Gasteiger partial charge on any atom is -0.477 e. The topological polar surface area (TPSA) is 104 Å². The molecule has 1 aromatic rings. The second-order valence-corrected chi connectivity index (χ2v) is 3.36. The quantitative estimate of drug-likeness (QED) is 0.520. The van der Waals surface area contributed by atoms with Crippen LogP contribution < -0.4 is 0 Å². The highest BCUT2D eigenvalue weighted by atomic mass is 79.9. The maximum absolute atomic E-state index is 10.8. The molecule has 0 saturated carbocycles. The van der Waals surface area contributed by atoms with Gasteiger partial charge in [-0.1, -0.05) is 22.0 Å². The van der Waals surface area contributed by atoms with E-state index in [9.17, 15) is 14.9 Å². The number of halogens is 1. The third-order valence-corrected chi connectivity index (χ3v) is 2.54. The Labute approximate surface area is 98.4 Å². The molecule has 16 heavy (non-hydrogen) atoms. The first-order chi connectivity index (χ1) is 7.52. The lowest BCUT2D eigenvalue weighted by atomic mass is 10.0. The fourth-order valence-corrected chi connectivity index (χ4v) is 1.70. The monoisotopic (exact) mass is 284 g/mol. The number of nitro benzene ring substituents is 1. The van der Waals surface area contributed by atoms with E-state index < -0.39 is 22.1 Å². The summed E-state index contributed by atoms with van der Waals surface area (Å²) in [5.74, 6) is -1.43. The molecule has 0 bridgehead atoms. The second kappa shape index (κ2) is 4.72. The number of carboxylic acid groups (broad SMARTS) is 1. The Bertz CT molecular complexity index is 507. The normalized spacial score (nSPS) is 9.50. The Morgan fingerprint density at radius 3 is 2.62 bits per heavy atom. The Morgan fingerprint density at radius 2 is 2.25 bits per heavy atom. The van der Waals surface area contributed by atoms with Crippen molar-refractivity contribution in [2.75, 3.05) is 0 Å². The van der Waals surface area contributed by atoms with Crippen LogP contribution in [-0.4, -0.2) is 16.0 Å². The van der Waals surface area contributed by atoms with Crippen LogP contribution >= 0.6 is 15.9 Å². The third-order valence-electron chi connectivity index (χ3n) is 1.93.